The lowest BCUT2D eigenvalue weighted by atomic mass is 10.0. The predicted octanol–water partition coefficient (Wildman–Crippen LogP) is 8.22. The Kier molecular flexibility index (Phi) is 19.4. The number of aliphatic hydroxyl groups is 1. The smallest absolute Gasteiger partial charge is 0.166 e. The molecule has 0 saturated carbocycles. The Bertz CT molecular complexity index is 644. The molecule has 0 spiro atoms. The second-order valence-electron chi connectivity index (χ2n) is 9.45. The summed E-state index contributed by atoms with van der Waals surface area (Å²) in [4.78, 5) is 13.8. The van der Waals surface area contributed by atoms with Gasteiger partial charge in [0.15, 0.2) is 6.29 Å². The molecule has 0 aliphatic carbocycles. The summed E-state index contributed by atoms with van der Waals surface area (Å²) in [6.07, 6.45) is 29.6. The largest absolute Gasteiger partial charge is 0.378 e. The number of H-pyrrole nitrogens is 1. The van der Waals surface area contributed by atoms with Gasteiger partial charge in [-0.2, -0.15) is 5.26 Å². The average Bonchev–Trinajstić information content (AvgIpc) is 3.30. The normalized spacial score (nSPS) is 12.2. The van der Waals surface area contributed by atoms with E-state index in [1.54, 1.807) is 0 Å². The van der Waals surface area contributed by atoms with Crippen LogP contribution in [0.4, 0.5) is 0 Å². The van der Waals surface area contributed by atoms with E-state index in [0.717, 1.165) is 25.5 Å². The van der Waals surface area contributed by atoms with Crippen molar-refractivity contribution in [1.82, 2.24) is 4.98 Å². The first-order valence-corrected chi connectivity index (χ1v) is 13.6. The lowest BCUT2D eigenvalue weighted by Gasteiger charge is -2.04. The maximum absolute atomic E-state index is 10.7. The summed E-state index contributed by atoms with van der Waals surface area (Å²) in [5, 5.41) is 17.7. The first-order chi connectivity index (χ1) is 16.3. The van der Waals surface area contributed by atoms with Gasteiger partial charge in [0.1, 0.15) is 6.10 Å². The van der Waals surface area contributed by atoms with Crippen LogP contribution in [-0.4, -0.2) is 22.5 Å². The molecule has 4 nitrogen and oxygen atoms in total. The Morgan fingerprint density at radius 1 is 0.758 bits per heavy atom. The van der Waals surface area contributed by atoms with E-state index in [2.05, 4.69) is 17.1 Å². The van der Waals surface area contributed by atoms with Crippen LogP contribution >= 0.6 is 0 Å². The summed E-state index contributed by atoms with van der Waals surface area (Å²) in [5.74, 6) is 0. The zero-order valence-electron chi connectivity index (χ0n) is 20.9. The zero-order valence-corrected chi connectivity index (χ0v) is 20.9. The van der Waals surface area contributed by atoms with Crippen molar-refractivity contribution in [2.75, 3.05) is 0 Å². The molecule has 0 saturated heterocycles. The van der Waals surface area contributed by atoms with Crippen molar-refractivity contribution in [2.45, 2.75) is 135 Å². The van der Waals surface area contributed by atoms with Gasteiger partial charge in [-0.1, -0.05) is 89.2 Å². The number of aromatic nitrogens is 1. The summed E-state index contributed by atoms with van der Waals surface area (Å²) in [6.45, 7) is 0. The van der Waals surface area contributed by atoms with E-state index in [-0.39, 0.29) is 0 Å². The molecular formula is C29H48N2O2. The maximum atomic E-state index is 10.7. The molecule has 0 aromatic carbocycles. The van der Waals surface area contributed by atoms with E-state index in [0.29, 0.717) is 12.1 Å². The number of nitriles is 1. The molecule has 0 aliphatic rings. The van der Waals surface area contributed by atoms with Crippen molar-refractivity contribution in [3.8, 4) is 6.07 Å². The topological polar surface area (TPSA) is 76.9 Å². The number of unbranched alkanes of at least 4 members (excludes halogenated alkanes) is 16. The van der Waals surface area contributed by atoms with Crippen molar-refractivity contribution in [3.05, 3.63) is 35.7 Å². The maximum Gasteiger partial charge on any atom is 0.166 e. The van der Waals surface area contributed by atoms with E-state index in [9.17, 15) is 9.90 Å². The second kappa shape index (κ2) is 22.0. The Hall–Kier alpha value is -1.86. The molecular weight excluding hydrogens is 408 g/mol. The van der Waals surface area contributed by atoms with Gasteiger partial charge < -0.3 is 10.1 Å². The van der Waals surface area contributed by atoms with Crippen LogP contribution in [0.15, 0.2) is 24.3 Å². The van der Waals surface area contributed by atoms with E-state index in [1.807, 2.05) is 18.2 Å². The molecule has 0 amide bonds. The van der Waals surface area contributed by atoms with E-state index >= 15 is 0 Å². The molecule has 186 valence electrons. The van der Waals surface area contributed by atoms with Crippen molar-refractivity contribution in [3.63, 3.8) is 0 Å². The zero-order chi connectivity index (χ0) is 23.8. The monoisotopic (exact) mass is 456 g/mol. The number of hydrogen-bond acceptors (Lipinski definition) is 3. The molecule has 0 radical (unpaired) electrons. The van der Waals surface area contributed by atoms with Gasteiger partial charge in [-0.05, 0) is 63.5 Å². The molecule has 0 aliphatic heterocycles. The lowest BCUT2D eigenvalue weighted by Crippen LogP contribution is -2.01. The van der Waals surface area contributed by atoms with E-state index < -0.39 is 6.10 Å². The number of aryl methyl sites for hydroxylation is 1. The van der Waals surface area contributed by atoms with Crippen molar-refractivity contribution in [1.29, 1.82) is 5.26 Å². The van der Waals surface area contributed by atoms with Gasteiger partial charge in [-0.3, -0.25) is 4.79 Å². The highest BCUT2D eigenvalue weighted by Crippen LogP contribution is 2.14. The summed E-state index contributed by atoms with van der Waals surface area (Å²) < 4.78 is 0. The number of nitrogens with one attached hydrogen (secondary N) is 1. The molecule has 33 heavy (non-hydrogen) atoms. The Labute approximate surface area is 202 Å². The minimum Gasteiger partial charge on any atom is -0.378 e. The number of aldehydes is 1. The van der Waals surface area contributed by atoms with E-state index in [1.165, 1.54) is 108 Å². The molecule has 1 aromatic heterocycles. The van der Waals surface area contributed by atoms with Crippen LogP contribution in [0.25, 0.3) is 0 Å². The van der Waals surface area contributed by atoms with Gasteiger partial charge in [0.2, 0.25) is 0 Å². The quantitative estimate of drug-likeness (QED) is 0.0753. The van der Waals surface area contributed by atoms with Crippen LogP contribution in [0.3, 0.4) is 0 Å². The highest BCUT2D eigenvalue weighted by atomic mass is 16.3. The molecule has 1 heterocycles. The minimum atomic E-state index is -0.760. The van der Waals surface area contributed by atoms with Gasteiger partial charge >= 0.3 is 0 Å². The molecule has 4 heteroatoms. The molecule has 2 N–H and O–H groups in total. The SMILES string of the molecule is N#CC(O)CCCCCCCCCCCCCCC/C=C\CCCCCc1ccc(C=O)[nH]1. The van der Waals surface area contributed by atoms with Gasteiger partial charge in [0.05, 0.1) is 11.8 Å². The van der Waals surface area contributed by atoms with Crippen LogP contribution in [0.1, 0.15) is 138 Å². The fourth-order valence-corrected chi connectivity index (χ4v) is 4.27. The molecule has 1 rings (SSSR count). The van der Waals surface area contributed by atoms with Crippen LogP contribution < -0.4 is 0 Å². The summed E-state index contributed by atoms with van der Waals surface area (Å²) in [7, 11) is 0. The molecule has 1 aromatic rings. The fourth-order valence-electron chi connectivity index (χ4n) is 4.27. The number of allylic oxidation sites excluding steroid dienone is 2. The molecule has 1 unspecified atom stereocenters. The van der Waals surface area contributed by atoms with Crippen LogP contribution in [-0.2, 0) is 6.42 Å². The Morgan fingerprint density at radius 3 is 1.73 bits per heavy atom. The summed E-state index contributed by atoms with van der Waals surface area (Å²) in [5.41, 5.74) is 1.85. The number of aromatic amines is 1. The van der Waals surface area contributed by atoms with Crippen molar-refractivity contribution >= 4 is 6.29 Å². The third kappa shape index (κ3) is 18.3. The van der Waals surface area contributed by atoms with Gasteiger partial charge in [0, 0.05) is 5.69 Å². The number of hydrogen-bond donors (Lipinski definition) is 2. The highest BCUT2D eigenvalue weighted by molar-refractivity contribution is 5.71. The van der Waals surface area contributed by atoms with Crippen molar-refractivity contribution in [2.24, 2.45) is 0 Å². The van der Waals surface area contributed by atoms with Gasteiger partial charge in [-0.15, -0.1) is 0 Å². The predicted molar refractivity (Wildman–Crippen MR) is 138 cm³/mol. The summed E-state index contributed by atoms with van der Waals surface area (Å²) in [6, 6.07) is 5.75. The number of carbonyl (C=O) groups is 1. The average molecular weight is 457 g/mol. The number of aliphatic hydroxyl groups excluding tert-OH is 1. The summed E-state index contributed by atoms with van der Waals surface area (Å²) >= 11 is 0. The number of nitrogens with zero attached hydrogens (tertiary/aromatic N) is 1. The second-order valence-corrected chi connectivity index (χ2v) is 9.45. The number of carbonyl (C=O) groups excluding carboxylic acids is 1. The van der Waals surface area contributed by atoms with Gasteiger partial charge in [-0.25, -0.2) is 0 Å². The number of rotatable bonds is 23. The molecule has 1 atom stereocenters. The standard InChI is InChI=1S/C29H48N2O2/c30-25-29(33)22-20-18-16-14-12-10-8-6-4-2-1-3-5-7-9-11-13-15-17-19-21-27-23-24-28(26-32)31-27/h9,11,23-24,26,29,31,33H,1-8,10,12-22H2/b11-9-. The first kappa shape index (κ1) is 29.2. The van der Waals surface area contributed by atoms with E-state index in [4.69, 9.17) is 5.26 Å². The van der Waals surface area contributed by atoms with Crippen LogP contribution in [0.2, 0.25) is 0 Å². The van der Waals surface area contributed by atoms with Gasteiger partial charge in [0.25, 0.3) is 0 Å². The van der Waals surface area contributed by atoms with Crippen molar-refractivity contribution < 1.29 is 9.90 Å². The minimum absolute atomic E-state index is 0.633. The van der Waals surface area contributed by atoms with Crippen LogP contribution in [0, 0.1) is 11.3 Å². The Morgan fingerprint density at radius 2 is 1.24 bits per heavy atom. The molecule has 0 bridgehead atoms. The third-order valence-corrected chi connectivity index (χ3v) is 6.38. The third-order valence-electron chi connectivity index (χ3n) is 6.38. The highest BCUT2D eigenvalue weighted by Gasteiger charge is 2.00. The fraction of sp³-hybridized carbons (Fsp3) is 0.724. The van der Waals surface area contributed by atoms with Crippen LogP contribution in [0.5, 0.6) is 0 Å². The Balaban J connectivity index is 1.72. The first-order valence-electron chi connectivity index (χ1n) is 13.6. The molecule has 0 fully saturated rings. The lowest BCUT2D eigenvalue weighted by molar-refractivity contribution is 0.111.